The average molecular weight is 353 g/mol. The van der Waals surface area contributed by atoms with Crippen molar-refractivity contribution in [2.75, 3.05) is 25.5 Å². The minimum absolute atomic E-state index is 0.110. The number of carbonyl (C=O) groups is 1. The van der Waals surface area contributed by atoms with E-state index < -0.39 is 0 Å². The van der Waals surface area contributed by atoms with Crippen molar-refractivity contribution >= 4 is 38.7 Å². The largest absolute Gasteiger partial charge is 0.347 e. The van der Waals surface area contributed by atoms with Gasteiger partial charge >= 0.3 is 0 Å². The summed E-state index contributed by atoms with van der Waals surface area (Å²) in [6.45, 7) is 0.817. The number of nitrogens with zero attached hydrogens (tertiary/aromatic N) is 6. The lowest BCUT2D eigenvalue weighted by Gasteiger charge is -2.27. The molecule has 1 fully saturated rings. The van der Waals surface area contributed by atoms with Gasteiger partial charge < -0.3 is 9.80 Å². The fourth-order valence-corrected chi connectivity index (χ4v) is 3.41. The molecule has 3 heterocycles. The van der Waals surface area contributed by atoms with Crippen LogP contribution in [0.4, 0.5) is 5.82 Å². The van der Waals surface area contributed by atoms with E-state index in [9.17, 15) is 4.79 Å². The lowest BCUT2D eigenvalue weighted by Crippen LogP contribution is -2.43. The van der Waals surface area contributed by atoms with E-state index in [1.807, 2.05) is 7.05 Å². The van der Waals surface area contributed by atoms with Crippen molar-refractivity contribution < 1.29 is 4.79 Å². The van der Waals surface area contributed by atoms with E-state index in [2.05, 4.69) is 35.9 Å². The number of amides is 1. The lowest BCUT2D eigenvalue weighted by atomic mass is 10.2. The molecule has 0 spiro atoms. The van der Waals surface area contributed by atoms with E-state index in [-0.39, 0.29) is 11.9 Å². The predicted octanol–water partition coefficient (Wildman–Crippen LogP) is 1.18. The van der Waals surface area contributed by atoms with Crippen molar-refractivity contribution in [2.45, 2.75) is 18.9 Å². The summed E-state index contributed by atoms with van der Waals surface area (Å²) in [6, 6.07) is -0.162. The molecule has 0 radical (unpaired) electrons. The van der Waals surface area contributed by atoms with E-state index >= 15 is 0 Å². The summed E-state index contributed by atoms with van der Waals surface area (Å²) in [6.07, 6.45) is 3.36. The number of carbonyl (C=O) groups excluding carboxylic acids is 1. The predicted molar refractivity (Wildman–Crippen MR) is 83.1 cm³/mol. The van der Waals surface area contributed by atoms with E-state index in [0.717, 1.165) is 36.2 Å². The van der Waals surface area contributed by atoms with Crippen molar-refractivity contribution in [1.82, 2.24) is 24.6 Å². The Morgan fingerprint density at radius 3 is 2.90 bits per heavy atom. The normalized spacial score (nSPS) is 18.5. The highest BCUT2D eigenvalue weighted by Crippen LogP contribution is 2.33. The number of likely N-dealkylation sites (N-methyl/N-ethyl adjacent to an activating group) is 1. The second-order valence-corrected chi connectivity index (χ2v) is 6.15. The molecular formula is C13H17BrN6O. The quantitative estimate of drug-likeness (QED) is 0.811. The third kappa shape index (κ3) is 2.27. The first-order valence-corrected chi connectivity index (χ1v) is 7.61. The van der Waals surface area contributed by atoms with Gasteiger partial charge in [0.1, 0.15) is 22.8 Å². The standard InChI is InChI=1S/C13H17BrN6O/c1-18(2)13(21)8-5-4-6-20(8)12-9-10(14)17-19(3)11(9)15-7-16-12/h7-8H,4-6H2,1-3H3/t8-/m1/s1. The third-order valence-corrected chi connectivity index (χ3v) is 4.36. The number of hydrogen-bond acceptors (Lipinski definition) is 5. The Balaban J connectivity index is 2.09. The molecule has 1 amide bonds. The Bertz CT molecular complexity index is 697. The topological polar surface area (TPSA) is 67.2 Å². The average Bonchev–Trinajstić information content (AvgIpc) is 3.04. The molecule has 1 atom stereocenters. The van der Waals surface area contributed by atoms with Gasteiger partial charge in [-0.3, -0.25) is 4.79 Å². The second kappa shape index (κ2) is 5.25. The summed E-state index contributed by atoms with van der Waals surface area (Å²) in [5.41, 5.74) is 0.759. The second-order valence-electron chi connectivity index (χ2n) is 5.39. The number of hydrogen-bond donors (Lipinski definition) is 0. The SMILES string of the molecule is CN(C)C(=O)[C@H]1CCCN1c1ncnc2c1c(Br)nn2C. The molecule has 0 bridgehead atoms. The zero-order chi connectivity index (χ0) is 15.1. The highest BCUT2D eigenvalue weighted by atomic mass is 79.9. The van der Waals surface area contributed by atoms with Crippen LogP contribution in [-0.2, 0) is 11.8 Å². The first kappa shape index (κ1) is 14.2. The summed E-state index contributed by atoms with van der Waals surface area (Å²) in [4.78, 5) is 24.8. The number of fused-ring (bicyclic) bond motifs is 1. The highest BCUT2D eigenvalue weighted by molar-refractivity contribution is 9.10. The number of halogens is 1. The molecule has 21 heavy (non-hydrogen) atoms. The molecule has 0 N–H and O–H groups in total. The van der Waals surface area contributed by atoms with Gasteiger partial charge in [-0.1, -0.05) is 0 Å². The maximum Gasteiger partial charge on any atom is 0.244 e. The minimum atomic E-state index is -0.162. The monoisotopic (exact) mass is 352 g/mol. The van der Waals surface area contributed by atoms with Crippen LogP contribution in [0.15, 0.2) is 10.9 Å². The fraction of sp³-hybridized carbons (Fsp3) is 0.538. The van der Waals surface area contributed by atoms with Crippen molar-refractivity contribution in [2.24, 2.45) is 7.05 Å². The van der Waals surface area contributed by atoms with Gasteiger partial charge in [-0.15, -0.1) is 0 Å². The van der Waals surface area contributed by atoms with E-state index in [1.165, 1.54) is 6.33 Å². The van der Waals surface area contributed by atoms with Crippen molar-refractivity contribution in [3.63, 3.8) is 0 Å². The molecule has 8 heteroatoms. The van der Waals surface area contributed by atoms with Crippen LogP contribution in [-0.4, -0.2) is 57.2 Å². The number of aromatic nitrogens is 4. The molecule has 1 aliphatic rings. The molecule has 1 saturated heterocycles. The van der Waals surface area contributed by atoms with Crippen molar-refractivity contribution in [3.8, 4) is 0 Å². The van der Waals surface area contributed by atoms with Crippen LogP contribution in [0, 0.1) is 0 Å². The van der Waals surface area contributed by atoms with Crippen molar-refractivity contribution in [1.29, 1.82) is 0 Å². The zero-order valence-corrected chi connectivity index (χ0v) is 13.8. The minimum Gasteiger partial charge on any atom is -0.347 e. The van der Waals surface area contributed by atoms with Crippen LogP contribution in [0.25, 0.3) is 11.0 Å². The maximum absolute atomic E-state index is 12.4. The van der Waals surface area contributed by atoms with Gasteiger partial charge in [-0.2, -0.15) is 5.10 Å². The van der Waals surface area contributed by atoms with E-state index in [4.69, 9.17) is 0 Å². The molecule has 0 unspecified atom stereocenters. The fourth-order valence-electron chi connectivity index (χ4n) is 2.82. The molecule has 1 aliphatic heterocycles. The summed E-state index contributed by atoms with van der Waals surface area (Å²) < 4.78 is 2.42. The van der Waals surface area contributed by atoms with Gasteiger partial charge in [0.15, 0.2) is 5.65 Å². The van der Waals surface area contributed by atoms with Crippen LogP contribution in [0.2, 0.25) is 0 Å². The molecule has 0 aromatic carbocycles. The van der Waals surface area contributed by atoms with Crippen LogP contribution in [0.5, 0.6) is 0 Å². The summed E-state index contributed by atoms with van der Waals surface area (Å²) in [7, 11) is 5.42. The highest BCUT2D eigenvalue weighted by Gasteiger charge is 2.34. The summed E-state index contributed by atoms with van der Waals surface area (Å²) in [5.74, 6) is 0.886. The Morgan fingerprint density at radius 1 is 1.43 bits per heavy atom. The number of anilines is 1. The van der Waals surface area contributed by atoms with Gasteiger partial charge in [0.05, 0.1) is 5.39 Å². The van der Waals surface area contributed by atoms with Crippen LogP contribution in [0.3, 0.4) is 0 Å². The van der Waals surface area contributed by atoms with Crippen LogP contribution in [0.1, 0.15) is 12.8 Å². The first-order chi connectivity index (χ1) is 10.0. The Kier molecular flexibility index (Phi) is 3.56. The van der Waals surface area contributed by atoms with E-state index in [0.29, 0.717) is 4.60 Å². The number of aryl methyl sites for hydroxylation is 1. The molecule has 112 valence electrons. The maximum atomic E-state index is 12.4. The van der Waals surface area contributed by atoms with Gasteiger partial charge in [0.2, 0.25) is 5.91 Å². The first-order valence-electron chi connectivity index (χ1n) is 6.81. The lowest BCUT2D eigenvalue weighted by molar-refractivity contribution is -0.129. The van der Waals surface area contributed by atoms with Gasteiger partial charge in [0, 0.05) is 27.7 Å². The van der Waals surface area contributed by atoms with Crippen LogP contribution < -0.4 is 4.90 Å². The Hall–Kier alpha value is -1.70. The molecule has 0 saturated carbocycles. The molecule has 2 aromatic heterocycles. The Morgan fingerprint density at radius 2 is 2.19 bits per heavy atom. The molecule has 2 aromatic rings. The Labute approximate surface area is 131 Å². The van der Waals surface area contributed by atoms with Crippen molar-refractivity contribution in [3.05, 3.63) is 10.9 Å². The van der Waals surface area contributed by atoms with E-state index in [1.54, 1.807) is 23.7 Å². The number of rotatable bonds is 2. The summed E-state index contributed by atoms with van der Waals surface area (Å²) >= 11 is 3.47. The van der Waals surface area contributed by atoms with Gasteiger partial charge in [-0.05, 0) is 28.8 Å². The smallest absolute Gasteiger partial charge is 0.244 e. The third-order valence-electron chi connectivity index (χ3n) is 3.81. The van der Waals surface area contributed by atoms with Crippen LogP contribution >= 0.6 is 15.9 Å². The molecule has 7 nitrogen and oxygen atoms in total. The zero-order valence-electron chi connectivity index (χ0n) is 12.2. The molecular weight excluding hydrogens is 336 g/mol. The molecule has 0 aliphatic carbocycles. The van der Waals surface area contributed by atoms with Gasteiger partial charge in [0.25, 0.3) is 0 Å². The molecule has 3 rings (SSSR count). The van der Waals surface area contributed by atoms with Gasteiger partial charge in [-0.25, -0.2) is 14.6 Å². The summed E-state index contributed by atoms with van der Waals surface area (Å²) in [5, 5.41) is 5.20.